The van der Waals surface area contributed by atoms with E-state index >= 15 is 0 Å². The number of hydrogen-bond donors (Lipinski definition) is 2. The van der Waals surface area contributed by atoms with Crippen LogP contribution in [0.25, 0.3) is 0 Å². The van der Waals surface area contributed by atoms with E-state index < -0.39 is 0 Å². The number of benzene rings is 1. The van der Waals surface area contributed by atoms with Gasteiger partial charge in [0.25, 0.3) is 5.91 Å². The fraction of sp³-hybridized carbons (Fsp3) is 0.500. The Balaban J connectivity index is 2.21. The van der Waals surface area contributed by atoms with Crippen molar-refractivity contribution in [3.8, 4) is 0 Å². The summed E-state index contributed by atoms with van der Waals surface area (Å²) in [6.45, 7) is 0.829. The van der Waals surface area contributed by atoms with Gasteiger partial charge >= 0.3 is 0 Å². The molecule has 0 bridgehead atoms. The van der Waals surface area contributed by atoms with E-state index in [4.69, 9.17) is 22.4 Å². The largest absolute Gasteiger partial charge is 0.398 e. The highest BCUT2D eigenvalue weighted by atomic mass is 35.5. The van der Waals surface area contributed by atoms with Gasteiger partial charge in [0, 0.05) is 29.9 Å². The highest BCUT2D eigenvalue weighted by Crippen LogP contribution is 2.25. The van der Waals surface area contributed by atoms with Gasteiger partial charge in [0.15, 0.2) is 0 Å². The third-order valence-electron chi connectivity index (χ3n) is 3.59. The van der Waals surface area contributed by atoms with Gasteiger partial charge in [-0.05, 0) is 43.9 Å². The zero-order valence-corrected chi connectivity index (χ0v) is 11.6. The van der Waals surface area contributed by atoms with Gasteiger partial charge in [-0.1, -0.05) is 11.6 Å². The van der Waals surface area contributed by atoms with Crippen molar-refractivity contribution in [3.63, 3.8) is 0 Å². The van der Waals surface area contributed by atoms with Crippen LogP contribution in [0.1, 0.15) is 36.0 Å². The lowest BCUT2D eigenvalue weighted by molar-refractivity contribution is 0.0576. The Morgan fingerprint density at radius 3 is 2.95 bits per heavy atom. The summed E-state index contributed by atoms with van der Waals surface area (Å²) in [5.74, 6) is -0.0627. The first-order valence-electron chi connectivity index (χ1n) is 6.60. The molecule has 1 heterocycles. The average molecular weight is 283 g/mol. The minimum atomic E-state index is -0.0627. The van der Waals surface area contributed by atoms with E-state index in [0.29, 0.717) is 22.7 Å². The Hall–Kier alpha value is -1.26. The summed E-state index contributed by atoms with van der Waals surface area (Å²) in [7, 11) is 0. The van der Waals surface area contributed by atoms with Crippen LogP contribution in [0.4, 0.5) is 5.69 Å². The molecule has 1 aromatic rings. The molecule has 4 nitrogen and oxygen atoms in total. The summed E-state index contributed by atoms with van der Waals surface area (Å²) in [6.07, 6.45) is 3.67. The maximum Gasteiger partial charge on any atom is 0.256 e. The van der Waals surface area contributed by atoms with Crippen LogP contribution < -0.4 is 5.73 Å². The molecular formula is C14H19ClN2O2. The van der Waals surface area contributed by atoms with Gasteiger partial charge in [0.2, 0.25) is 0 Å². The molecule has 2 rings (SSSR count). The van der Waals surface area contributed by atoms with Crippen LogP contribution in [0.15, 0.2) is 18.2 Å². The number of rotatable bonds is 3. The lowest BCUT2D eigenvalue weighted by Gasteiger charge is -2.35. The molecule has 0 aromatic heterocycles. The van der Waals surface area contributed by atoms with Crippen molar-refractivity contribution in [2.45, 2.75) is 31.7 Å². The first-order chi connectivity index (χ1) is 9.13. The molecule has 0 unspecified atom stereocenters. The third-order valence-corrected chi connectivity index (χ3v) is 3.83. The number of aliphatic hydroxyl groups is 1. The number of halogens is 1. The maximum absolute atomic E-state index is 12.5. The zero-order valence-electron chi connectivity index (χ0n) is 10.8. The fourth-order valence-corrected chi connectivity index (χ4v) is 2.78. The van der Waals surface area contributed by atoms with Crippen molar-refractivity contribution in [2.75, 3.05) is 18.9 Å². The molecular weight excluding hydrogens is 264 g/mol. The second kappa shape index (κ2) is 6.26. The van der Waals surface area contributed by atoms with E-state index in [1.807, 2.05) is 4.90 Å². The third kappa shape index (κ3) is 3.19. The van der Waals surface area contributed by atoms with E-state index in [1.165, 1.54) is 0 Å². The van der Waals surface area contributed by atoms with Gasteiger partial charge in [-0.2, -0.15) is 0 Å². The number of nitrogens with zero attached hydrogens (tertiary/aromatic N) is 1. The highest BCUT2D eigenvalue weighted by Gasteiger charge is 2.27. The van der Waals surface area contributed by atoms with Crippen molar-refractivity contribution in [1.29, 1.82) is 0 Å². The second-order valence-electron chi connectivity index (χ2n) is 4.89. The fourth-order valence-electron chi connectivity index (χ4n) is 2.60. The average Bonchev–Trinajstić information content (AvgIpc) is 2.39. The molecule has 3 N–H and O–H groups in total. The molecule has 1 aliphatic heterocycles. The number of hydrogen-bond acceptors (Lipinski definition) is 3. The maximum atomic E-state index is 12.5. The Bertz CT molecular complexity index is 463. The van der Waals surface area contributed by atoms with Gasteiger partial charge in [-0.15, -0.1) is 0 Å². The summed E-state index contributed by atoms with van der Waals surface area (Å²) < 4.78 is 0. The monoisotopic (exact) mass is 282 g/mol. The SMILES string of the molecule is Nc1cc(Cl)ccc1C(=O)N1CCCC[C@H]1CCO. The number of anilines is 1. The molecule has 1 amide bonds. The number of piperidine rings is 1. The number of aliphatic hydroxyl groups excluding tert-OH is 1. The summed E-state index contributed by atoms with van der Waals surface area (Å²) in [6, 6.07) is 5.06. The van der Waals surface area contributed by atoms with Gasteiger partial charge in [-0.3, -0.25) is 4.79 Å². The lowest BCUT2D eigenvalue weighted by Crippen LogP contribution is -2.44. The van der Waals surface area contributed by atoms with Crippen LogP contribution in [-0.4, -0.2) is 35.1 Å². The van der Waals surface area contributed by atoms with E-state index in [-0.39, 0.29) is 18.6 Å². The molecule has 1 aliphatic rings. The van der Waals surface area contributed by atoms with Crippen LogP contribution in [0.5, 0.6) is 0 Å². The first kappa shape index (κ1) is 14.2. The summed E-state index contributed by atoms with van der Waals surface area (Å²) in [4.78, 5) is 14.4. The number of nitrogens with two attached hydrogens (primary N) is 1. The summed E-state index contributed by atoms with van der Waals surface area (Å²) in [5, 5.41) is 9.63. The predicted molar refractivity (Wildman–Crippen MR) is 76.2 cm³/mol. The van der Waals surface area contributed by atoms with Gasteiger partial charge < -0.3 is 15.7 Å². The van der Waals surface area contributed by atoms with E-state index in [0.717, 1.165) is 25.8 Å². The molecule has 5 heteroatoms. The van der Waals surface area contributed by atoms with E-state index in [1.54, 1.807) is 18.2 Å². The standard InChI is InChI=1S/C14H19ClN2O2/c15-10-4-5-12(13(16)9-10)14(19)17-7-2-1-3-11(17)6-8-18/h4-5,9,11,18H,1-3,6-8,16H2/t11-/m0/s1. The molecule has 1 saturated heterocycles. The number of likely N-dealkylation sites (tertiary alicyclic amines) is 1. The second-order valence-corrected chi connectivity index (χ2v) is 5.33. The smallest absolute Gasteiger partial charge is 0.256 e. The molecule has 0 spiro atoms. The summed E-state index contributed by atoms with van der Waals surface area (Å²) in [5.41, 5.74) is 6.77. The molecule has 104 valence electrons. The number of carbonyl (C=O) groups excluding carboxylic acids is 1. The molecule has 1 atom stereocenters. The number of nitrogen functional groups attached to an aromatic ring is 1. The van der Waals surface area contributed by atoms with Crippen molar-refractivity contribution in [2.24, 2.45) is 0 Å². The van der Waals surface area contributed by atoms with Crippen molar-refractivity contribution in [3.05, 3.63) is 28.8 Å². The van der Waals surface area contributed by atoms with Crippen molar-refractivity contribution < 1.29 is 9.90 Å². The van der Waals surface area contributed by atoms with Crippen LogP contribution in [-0.2, 0) is 0 Å². The zero-order chi connectivity index (χ0) is 13.8. The van der Waals surface area contributed by atoms with E-state index in [2.05, 4.69) is 0 Å². The molecule has 19 heavy (non-hydrogen) atoms. The predicted octanol–water partition coefficient (Wildman–Crippen LogP) is 2.30. The number of carbonyl (C=O) groups is 1. The van der Waals surface area contributed by atoms with Gasteiger partial charge in [-0.25, -0.2) is 0 Å². The Morgan fingerprint density at radius 2 is 2.26 bits per heavy atom. The van der Waals surface area contributed by atoms with Crippen molar-refractivity contribution >= 4 is 23.2 Å². The van der Waals surface area contributed by atoms with Crippen LogP contribution in [0, 0.1) is 0 Å². The normalized spacial score (nSPS) is 19.5. The summed E-state index contributed by atoms with van der Waals surface area (Å²) >= 11 is 5.85. The topological polar surface area (TPSA) is 66.6 Å². The Kier molecular flexibility index (Phi) is 4.66. The quantitative estimate of drug-likeness (QED) is 0.836. The van der Waals surface area contributed by atoms with E-state index in [9.17, 15) is 4.79 Å². The minimum Gasteiger partial charge on any atom is -0.398 e. The molecule has 1 fully saturated rings. The molecule has 0 aliphatic carbocycles. The number of amides is 1. The van der Waals surface area contributed by atoms with Gasteiger partial charge in [0.1, 0.15) is 0 Å². The Labute approximate surface area is 118 Å². The molecule has 0 saturated carbocycles. The minimum absolute atomic E-state index is 0.0627. The molecule has 1 aromatic carbocycles. The van der Waals surface area contributed by atoms with Crippen LogP contribution in [0.2, 0.25) is 5.02 Å². The van der Waals surface area contributed by atoms with Crippen molar-refractivity contribution in [1.82, 2.24) is 4.90 Å². The van der Waals surface area contributed by atoms with Crippen LogP contribution in [0.3, 0.4) is 0 Å². The van der Waals surface area contributed by atoms with Gasteiger partial charge in [0.05, 0.1) is 5.56 Å². The highest BCUT2D eigenvalue weighted by molar-refractivity contribution is 6.31. The molecule has 0 radical (unpaired) electrons. The lowest BCUT2D eigenvalue weighted by atomic mass is 9.98. The first-order valence-corrected chi connectivity index (χ1v) is 6.98. The Morgan fingerprint density at radius 1 is 1.47 bits per heavy atom. The van der Waals surface area contributed by atoms with Crippen LogP contribution >= 0.6 is 11.6 Å².